The van der Waals surface area contributed by atoms with Gasteiger partial charge in [0.15, 0.2) is 30.0 Å². The van der Waals surface area contributed by atoms with Gasteiger partial charge in [-0.25, -0.2) is 4.79 Å². The fraction of sp³-hybridized carbons (Fsp3) is 0.658. The highest BCUT2D eigenvalue weighted by Crippen LogP contribution is 2.70. The molecule has 13 atom stereocenters. The van der Waals surface area contributed by atoms with Gasteiger partial charge in [0, 0.05) is 53.9 Å². The van der Waals surface area contributed by atoms with E-state index < -0.39 is 138 Å². The summed E-state index contributed by atoms with van der Waals surface area (Å²) in [6.07, 6.45) is -9.28. The molecule has 0 unspecified atom stereocenters. The highest BCUT2D eigenvalue weighted by molar-refractivity contribution is 5.91. The molecule has 0 radical (unpaired) electrons. The first-order valence-corrected chi connectivity index (χ1v) is 18.2. The van der Waals surface area contributed by atoms with Crippen molar-refractivity contribution in [3.63, 3.8) is 0 Å². The molecule has 3 fully saturated rings. The van der Waals surface area contributed by atoms with Crippen molar-refractivity contribution in [1.29, 1.82) is 0 Å². The van der Waals surface area contributed by atoms with Crippen molar-refractivity contribution in [3.8, 4) is 0 Å². The average molecular weight is 806 g/mol. The van der Waals surface area contributed by atoms with Crippen LogP contribution in [0.25, 0.3) is 0 Å². The summed E-state index contributed by atoms with van der Waals surface area (Å²) in [5.41, 5.74) is -9.91. The highest BCUT2D eigenvalue weighted by atomic mass is 16.7. The van der Waals surface area contributed by atoms with Gasteiger partial charge >= 0.3 is 47.8 Å². The molecule has 3 heterocycles. The molecule has 1 saturated heterocycles. The number of nitrogens with zero attached hydrogens (tertiary/aromatic N) is 1. The lowest BCUT2D eigenvalue weighted by Crippen LogP contribution is -2.89. The first-order valence-electron chi connectivity index (χ1n) is 18.2. The summed E-state index contributed by atoms with van der Waals surface area (Å²) in [7, 11) is 0. The maximum Gasteiger partial charge on any atom is 0.340 e. The Balaban J connectivity index is 2.01. The second kappa shape index (κ2) is 15.3. The van der Waals surface area contributed by atoms with Crippen molar-refractivity contribution in [2.45, 2.75) is 129 Å². The predicted octanol–water partition coefficient (Wildman–Crippen LogP) is 1.03. The van der Waals surface area contributed by atoms with E-state index in [0.29, 0.717) is 5.56 Å². The van der Waals surface area contributed by atoms with Crippen LogP contribution in [-0.2, 0) is 76.2 Å². The number of pyridine rings is 1. The molecule has 19 heteroatoms. The van der Waals surface area contributed by atoms with Gasteiger partial charge in [0.05, 0.1) is 17.4 Å². The van der Waals surface area contributed by atoms with Gasteiger partial charge in [-0.2, -0.15) is 0 Å². The Morgan fingerprint density at radius 1 is 0.772 bits per heavy atom. The van der Waals surface area contributed by atoms with Crippen LogP contribution in [0.4, 0.5) is 0 Å². The van der Waals surface area contributed by atoms with E-state index in [0.717, 1.165) is 48.5 Å². The maximum atomic E-state index is 14.4. The van der Waals surface area contributed by atoms with Gasteiger partial charge in [-0.05, 0) is 31.4 Å². The van der Waals surface area contributed by atoms with Crippen molar-refractivity contribution in [2.24, 2.45) is 17.3 Å². The number of hydrogen-bond donors (Lipinski definition) is 1. The Bertz CT molecular complexity index is 1860. The quantitative estimate of drug-likeness (QED) is 0.298. The number of aliphatic hydroxyl groups is 1. The second-order valence-electron chi connectivity index (χ2n) is 15.4. The molecule has 1 aromatic heterocycles. The van der Waals surface area contributed by atoms with Crippen LogP contribution in [0.2, 0.25) is 0 Å². The van der Waals surface area contributed by atoms with Crippen molar-refractivity contribution in [3.05, 3.63) is 29.6 Å². The molecule has 1 N–H and O–H groups in total. The summed E-state index contributed by atoms with van der Waals surface area (Å²) in [5, 5.41) is 13.4. The molecular weight excluding hydrogens is 758 g/mol. The molecule has 2 aliphatic carbocycles. The van der Waals surface area contributed by atoms with Gasteiger partial charge < -0.3 is 47.7 Å². The number of ether oxygens (including phenoxy) is 9. The Morgan fingerprint density at radius 2 is 1.30 bits per heavy atom. The summed E-state index contributed by atoms with van der Waals surface area (Å²) in [6.45, 7) is 9.73. The van der Waals surface area contributed by atoms with E-state index in [1.165, 1.54) is 32.3 Å². The highest BCUT2D eigenvalue weighted by Gasteiger charge is 2.92. The van der Waals surface area contributed by atoms with Crippen molar-refractivity contribution in [2.75, 3.05) is 13.2 Å². The fourth-order valence-electron chi connectivity index (χ4n) is 9.30. The first kappa shape index (κ1) is 43.0. The molecular formula is C38H47NO18. The van der Waals surface area contributed by atoms with Crippen LogP contribution >= 0.6 is 0 Å². The molecule has 4 bridgehead atoms. The van der Waals surface area contributed by atoms with Gasteiger partial charge in [0.25, 0.3) is 0 Å². The monoisotopic (exact) mass is 805 g/mol. The van der Waals surface area contributed by atoms with Crippen LogP contribution in [-0.4, -0.2) is 124 Å². The minimum atomic E-state index is -2.81. The standard InChI is InChI=1S/C38H47NO18/c1-16-17(2)33(46)56-30-28(52-20(5)42)32(55-23(8)45)37(15-49-18(3)40)31(54-22(7)44)27(51-19(4)41)26-29(53-21(6)43)38(37,36(30,10)48)57-35(26,9)14-50-34(47)25-13-39-12-11-24(16)25/h11-13,16-17,26-32,48H,14-15H2,1-10H3/t16-,17-,26-,27+,28-,29+,30-,31+,32-,35-,36-,37+,38-/m0/s1. The van der Waals surface area contributed by atoms with E-state index in [4.69, 9.17) is 42.6 Å². The smallest absolute Gasteiger partial charge is 0.340 e. The van der Waals surface area contributed by atoms with Crippen LogP contribution < -0.4 is 0 Å². The molecule has 4 aliphatic rings. The number of hydrogen-bond acceptors (Lipinski definition) is 19. The van der Waals surface area contributed by atoms with E-state index in [1.54, 1.807) is 6.92 Å². The average Bonchev–Trinajstić information content (AvgIpc) is 3.32. The fourth-order valence-corrected chi connectivity index (χ4v) is 9.30. The zero-order chi connectivity index (χ0) is 42.6. The molecule has 2 saturated carbocycles. The summed E-state index contributed by atoms with van der Waals surface area (Å²) >= 11 is 0. The SMILES string of the molecule is CC(=O)OC[C@]12[C@H](OC(C)=O)[C@H](OC(C)=O)[C@H]3[C@@H](OC(C)=O)[C@@]14O[C@@]3(C)COC(=O)c1cnccc1[C@@H](C)[C@H](C)C(=O)O[C@@H]([C@H](OC(C)=O)[C@@H]2OC(C)=O)[C@]4(C)O. The van der Waals surface area contributed by atoms with Crippen LogP contribution in [0.15, 0.2) is 18.5 Å². The maximum absolute atomic E-state index is 14.4. The number of aromatic nitrogens is 1. The summed E-state index contributed by atoms with van der Waals surface area (Å²) in [5.74, 6) is -11.5. The predicted molar refractivity (Wildman–Crippen MR) is 185 cm³/mol. The van der Waals surface area contributed by atoms with Gasteiger partial charge in [-0.3, -0.25) is 38.5 Å². The number of fused-ring (bicyclic) bond motifs is 5. The largest absolute Gasteiger partial charge is 0.465 e. The topological polar surface area (TPSA) is 253 Å². The Morgan fingerprint density at radius 3 is 1.84 bits per heavy atom. The Labute approximate surface area is 327 Å². The van der Waals surface area contributed by atoms with E-state index >= 15 is 0 Å². The van der Waals surface area contributed by atoms with Crippen molar-refractivity contribution >= 4 is 47.8 Å². The van der Waals surface area contributed by atoms with Crippen LogP contribution in [0.5, 0.6) is 0 Å². The summed E-state index contributed by atoms with van der Waals surface area (Å²) in [4.78, 5) is 111. The first-order chi connectivity index (χ1) is 26.5. The lowest BCUT2D eigenvalue weighted by molar-refractivity contribution is -0.387. The lowest BCUT2D eigenvalue weighted by Gasteiger charge is -2.67. The van der Waals surface area contributed by atoms with Crippen molar-refractivity contribution in [1.82, 2.24) is 4.98 Å². The summed E-state index contributed by atoms with van der Waals surface area (Å²) in [6, 6.07) is 1.50. The van der Waals surface area contributed by atoms with Gasteiger partial charge in [0.1, 0.15) is 42.0 Å². The molecule has 5 rings (SSSR count). The molecule has 312 valence electrons. The van der Waals surface area contributed by atoms with Gasteiger partial charge in [-0.1, -0.05) is 13.8 Å². The molecule has 2 aliphatic heterocycles. The molecule has 19 nitrogen and oxygen atoms in total. The molecule has 1 aromatic rings. The molecule has 0 aromatic carbocycles. The van der Waals surface area contributed by atoms with E-state index in [-0.39, 0.29) is 5.56 Å². The normalized spacial score (nSPS) is 38.2. The zero-order valence-corrected chi connectivity index (χ0v) is 33.2. The van der Waals surface area contributed by atoms with E-state index in [9.17, 15) is 43.5 Å². The van der Waals surface area contributed by atoms with E-state index in [1.807, 2.05) is 0 Å². The minimum absolute atomic E-state index is 0.0422. The number of cyclic esters (lactones) is 1. The number of carbonyl (C=O) groups is 8. The lowest BCUT2D eigenvalue weighted by atomic mass is 9.45. The number of esters is 8. The summed E-state index contributed by atoms with van der Waals surface area (Å²) < 4.78 is 54.3. The number of carbonyl (C=O) groups excluding carboxylic acids is 8. The van der Waals surface area contributed by atoms with Gasteiger partial charge in [-0.15, -0.1) is 0 Å². The molecule has 0 amide bonds. The molecule has 1 spiro atoms. The Kier molecular flexibility index (Phi) is 11.5. The van der Waals surface area contributed by atoms with Crippen molar-refractivity contribution < 1.29 is 86.1 Å². The Hall–Kier alpha value is -5.17. The third kappa shape index (κ3) is 6.97. The molecule has 57 heavy (non-hydrogen) atoms. The van der Waals surface area contributed by atoms with E-state index in [2.05, 4.69) is 4.98 Å². The third-order valence-electron chi connectivity index (χ3n) is 11.5. The van der Waals surface area contributed by atoms with Gasteiger partial charge in [0.2, 0.25) is 0 Å². The number of rotatable bonds is 7. The van der Waals surface area contributed by atoms with Crippen LogP contribution in [0.1, 0.15) is 91.1 Å². The van der Waals surface area contributed by atoms with Crippen LogP contribution in [0.3, 0.4) is 0 Å². The zero-order valence-electron chi connectivity index (χ0n) is 33.2. The third-order valence-corrected chi connectivity index (χ3v) is 11.5. The minimum Gasteiger partial charge on any atom is -0.465 e. The second-order valence-corrected chi connectivity index (χ2v) is 15.4. The van der Waals surface area contributed by atoms with Crippen LogP contribution in [0, 0.1) is 17.3 Å².